The van der Waals surface area contributed by atoms with Gasteiger partial charge in [0.25, 0.3) is 0 Å². The number of hydrogen-bond acceptors (Lipinski definition) is 2. The SMILES string of the molecule is O=C(O)CCCCn1c(Cc2ccc(F)cc2)nc2ccccc21. The molecule has 1 N–H and O–H groups in total. The summed E-state index contributed by atoms with van der Waals surface area (Å²) in [6, 6.07) is 14.4. The summed E-state index contributed by atoms with van der Waals surface area (Å²) < 4.78 is 15.2. The van der Waals surface area contributed by atoms with Gasteiger partial charge in [0.15, 0.2) is 0 Å². The molecule has 0 spiro atoms. The van der Waals surface area contributed by atoms with Crippen LogP contribution in [0.3, 0.4) is 0 Å². The van der Waals surface area contributed by atoms with Gasteiger partial charge in [0, 0.05) is 19.4 Å². The van der Waals surface area contributed by atoms with Gasteiger partial charge in [-0.25, -0.2) is 9.37 Å². The lowest BCUT2D eigenvalue weighted by Gasteiger charge is -2.09. The minimum Gasteiger partial charge on any atom is -0.481 e. The van der Waals surface area contributed by atoms with Crippen LogP contribution in [0.5, 0.6) is 0 Å². The highest BCUT2D eigenvalue weighted by molar-refractivity contribution is 5.76. The molecule has 5 heteroatoms. The van der Waals surface area contributed by atoms with Gasteiger partial charge in [-0.15, -0.1) is 0 Å². The first-order chi connectivity index (χ1) is 11.6. The molecule has 24 heavy (non-hydrogen) atoms. The smallest absolute Gasteiger partial charge is 0.303 e. The summed E-state index contributed by atoms with van der Waals surface area (Å²) in [5.74, 6) is -0.101. The average Bonchev–Trinajstić information content (AvgIpc) is 2.91. The molecule has 0 aliphatic carbocycles. The van der Waals surface area contributed by atoms with Crippen LogP contribution in [0.2, 0.25) is 0 Å². The van der Waals surface area contributed by atoms with Crippen molar-refractivity contribution in [3.05, 3.63) is 65.7 Å². The van der Waals surface area contributed by atoms with Crippen LogP contribution in [0.15, 0.2) is 48.5 Å². The molecule has 1 aromatic heterocycles. The van der Waals surface area contributed by atoms with Gasteiger partial charge in [-0.1, -0.05) is 24.3 Å². The summed E-state index contributed by atoms with van der Waals surface area (Å²) in [6.45, 7) is 0.727. The van der Waals surface area contributed by atoms with Crippen LogP contribution in [-0.4, -0.2) is 20.6 Å². The van der Waals surface area contributed by atoms with E-state index in [-0.39, 0.29) is 12.2 Å². The van der Waals surface area contributed by atoms with Crippen molar-refractivity contribution < 1.29 is 14.3 Å². The monoisotopic (exact) mass is 326 g/mol. The molecule has 0 radical (unpaired) electrons. The Bertz CT molecular complexity index is 840. The van der Waals surface area contributed by atoms with E-state index in [4.69, 9.17) is 10.1 Å². The van der Waals surface area contributed by atoms with E-state index < -0.39 is 5.97 Å². The van der Waals surface area contributed by atoms with Crippen LogP contribution in [-0.2, 0) is 17.8 Å². The third kappa shape index (κ3) is 3.79. The highest BCUT2D eigenvalue weighted by atomic mass is 19.1. The van der Waals surface area contributed by atoms with Crippen molar-refractivity contribution in [3.63, 3.8) is 0 Å². The fourth-order valence-corrected chi connectivity index (χ4v) is 2.84. The van der Waals surface area contributed by atoms with Crippen molar-refractivity contribution in [3.8, 4) is 0 Å². The van der Waals surface area contributed by atoms with E-state index in [9.17, 15) is 9.18 Å². The molecule has 3 aromatic rings. The molecule has 0 fully saturated rings. The molecular formula is C19H19FN2O2. The zero-order valence-electron chi connectivity index (χ0n) is 13.3. The molecule has 0 bridgehead atoms. The second-order valence-corrected chi connectivity index (χ2v) is 5.82. The number of hydrogen-bond donors (Lipinski definition) is 1. The minimum absolute atomic E-state index is 0.180. The normalized spacial score (nSPS) is 11.0. The highest BCUT2D eigenvalue weighted by Crippen LogP contribution is 2.20. The Hall–Kier alpha value is -2.69. The number of carboxylic acid groups (broad SMARTS) is 1. The number of benzene rings is 2. The number of halogens is 1. The number of nitrogens with zero attached hydrogens (tertiary/aromatic N) is 2. The van der Waals surface area contributed by atoms with Crippen LogP contribution in [0, 0.1) is 5.82 Å². The lowest BCUT2D eigenvalue weighted by Crippen LogP contribution is -2.06. The zero-order chi connectivity index (χ0) is 16.9. The van der Waals surface area contributed by atoms with E-state index in [0.717, 1.165) is 35.4 Å². The van der Waals surface area contributed by atoms with Crippen LogP contribution < -0.4 is 0 Å². The number of aliphatic carboxylic acids is 1. The number of fused-ring (bicyclic) bond motifs is 1. The second-order valence-electron chi connectivity index (χ2n) is 5.82. The van der Waals surface area contributed by atoms with Gasteiger partial charge < -0.3 is 9.67 Å². The van der Waals surface area contributed by atoms with Gasteiger partial charge in [0.05, 0.1) is 11.0 Å². The maximum atomic E-state index is 13.1. The van der Waals surface area contributed by atoms with E-state index in [1.165, 1.54) is 12.1 Å². The summed E-state index contributed by atoms with van der Waals surface area (Å²) in [7, 11) is 0. The molecule has 2 aromatic carbocycles. The van der Waals surface area contributed by atoms with E-state index in [2.05, 4.69) is 4.57 Å². The summed E-state index contributed by atoms with van der Waals surface area (Å²) >= 11 is 0. The molecule has 0 aliphatic rings. The van der Waals surface area contributed by atoms with E-state index in [1.807, 2.05) is 24.3 Å². The fraction of sp³-hybridized carbons (Fsp3) is 0.263. The number of carboxylic acids is 1. The molecule has 0 unspecified atom stereocenters. The third-order valence-corrected chi connectivity index (χ3v) is 4.03. The first kappa shape index (κ1) is 16.2. The van der Waals surface area contributed by atoms with Gasteiger partial charge in [0.2, 0.25) is 0 Å². The summed E-state index contributed by atoms with van der Waals surface area (Å²) in [5.41, 5.74) is 2.97. The number of aryl methyl sites for hydroxylation is 1. The minimum atomic E-state index is -0.767. The molecule has 1 heterocycles. The van der Waals surface area contributed by atoms with E-state index >= 15 is 0 Å². The lowest BCUT2D eigenvalue weighted by molar-refractivity contribution is -0.137. The Labute approximate surface area is 139 Å². The van der Waals surface area contributed by atoms with Crippen molar-refractivity contribution >= 4 is 17.0 Å². The van der Waals surface area contributed by atoms with Crippen molar-refractivity contribution in [2.45, 2.75) is 32.2 Å². The van der Waals surface area contributed by atoms with Gasteiger partial charge >= 0.3 is 5.97 Å². The molecule has 0 aliphatic heterocycles. The van der Waals surface area contributed by atoms with Crippen LogP contribution in [0.4, 0.5) is 4.39 Å². The number of carbonyl (C=O) groups is 1. The largest absolute Gasteiger partial charge is 0.481 e. The highest BCUT2D eigenvalue weighted by Gasteiger charge is 2.11. The molecule has 0 amide bonds. The number of aromatic nitrogens is 2. The summed E-state index contributed by atoms with van der Waals surface area (Å²) in [4.78, 5) is 15.4. The van der Waals surface area contributed by atoms with Gasteiger partial charge in [-0.3, -0.25) is 4.79 Å². The number of imidazole rings is 1. The van der Waals surface area contributed by atoms with Gasteiger partial charge in [0.1, 0.15) is 11.6 Å². The Kier molecular flexibility index (Phi) is 4.89. The summed E-state index contributed by atoms with van der Waals surface area (Å²) in [6.07, 6.45) is 2.22. The predicted molar refractivity (Wildman–Crippen MR) is 90.4 cm³/mol. The van der Waals surface area contributed by atoms with Gasteiger partial charge in [-0.2, -0.15) is 0 Å². The predicted octanol–water partition coefficient (Wildman–Crippen LogP) is 4.02. The standard InChI is InChI=1S/C19H19FN2O2/c20-15-10-8-14(9-11-15)13-18-21-16-5-1-2-6-17(16)22(18)12-4-3-7-19(23)24/h1-2,5-6,8-11H,3-4,7,12-13H2,(H,23,24). The van der Waals surface area contributed by atoms with Crippen molar-refractivity contribution in [2.24, 2.45) is 0 Å². The van der Waals surface area contributed by atoms with Crippen molar-refractivity contribution in [1.82, 2.24) is 9.55 Å². The maximum Gasteiger partial charge on any atom is 0.303 e. The Morgan fingerprint density at radius 1 is 1.08 bits per heavy atom. The summed E-state index contributed by atoms with van der Waals surface area (Å²) in [5, 5.41) is 8.76. The molecule has 124 valence electrons. The molecule has 4 nitrogen and oxygen atoms in total. The molecular weight excluding hydrogens is 307 g/mol. The van der Waals surface area contributed by atoms with Crippen LogP contribution >= 0.6 is 0 Å². The molecule has 0 atom stereocenters. The second kappa shape index (κ2) is 7.25. The maximum absolute atomic E-state index is 13.1. The van der Waals surface area contributed by atoms with E-state index in [1.54, 1.807) is 12.1 Å². The molecule has 0 saturated heterocycles. The molecule has 0 saturated carbocycles. The topological polar surface area (TPSA) is 55.1 Å². The first-order valence-electron chi connectivity index (χ1n) is 8.04. The average molecular weight is 326 g/mol. The Balaban J connectivity index is 1.84. The number of para-hydroxylation sites is 2. The quantitative estimate of drug-likeness (QED) is 0.667. The number of rotatable bonds is 7. The van der Waals surface area contributed by atoms with Crippen molar-refractivity contribution in [1.29, 1.82) is 0 Å². The third-order valence-electron chi connectivity index (χ3n) is 4.03. The molecule has 3 rings (SSSR count). The lowest BCUT2D eigenvalue weighted by atomic mass is 10.1. The van der Waals surface area contributed by atoms with E-state index in [0.29, 0.717) is 12.8 Å². The van der Waals surface area contributed by atoms with Gasteiger partial charge in [-0.05, 0) is 42.7 Å². The fourth-order valence-electron chi connectivity index (χ4n) is 2.84. The van der Waals surface area contributed by atoms with Crippen LogP contribution in [0.25, 0.3) is 11.0 Å². The Morgan fingerprint density at radius 2 is 1.83 bits per heavy atom. The van der Waals surface area contributed by atoms with Crippen LogP contribution in [0.1, 0.15) is 30.7 Å². The Morgan fingerprint density at radius 3 is 2.58 bits per heavy atom. The zero-order valence-corrected chi connectivity index (χ0v) is 13.3. The first-order valence-corrected chi connectivity index (χ1v) is 8.04. The number of unbranched alkanes of at least 4 members (excludes halogenated alkanes) is 1. The van der Waals surface area contributed by atoms with Crippen molar-refractivity contribution in [2.75, 3.05) is 0 Å².